The van der Waals surface area contributed by atoms with Crippen LogP contribution in [0.3, 0.4) is 0 Å². The maximum Gasteiger partial charge on any atom is 0.237 e. The summed E-state index contributed by atoms with van der Waals surface area (Å²) in [6.07, 6.45) is 1.31. The molecular formula is C33H37Cl6N3O9S3. The van der Waals surface area contributed by atoms with Crippen molar-refractivity contribution in [1.29, 1.82) is 0 Å². The monoisotopic (exact) mass is 925 g/mol. The lowest BCUT2D eigenvalue weighted by atomic mass is 10.2. The highest BCUT2D eigenvalue weighted by atomic mass is 35.5. The van der Waals surface area contributed by atoms with Gasteiger partial charge >= 0.3 is 0 Å². The Bertz CT molecular complexity index is 2260. The van der Waals surface area contributed by atoms with Crippen LogP contribution >= 0.6 is 69.6 Å². The molecule has 0 bridgehead atoms. The van der Waals surface area contributed by atoms with Crippen LogP contribution in [0.4, 0.5) is 17.1 Å². The van der Waals surface area contributed by atoms with Crippen LogP contribution in [-0.2, 0) is 35.8 Å². The van der Waals surface area contributed by atoms with Gasteiger partial charge in [0.15, 0.2) is 17.2 Å². The number of phenolic OH excluding ortho intramolecular Hbond substituents is 3. The van der Waals surface area contributed by atoms with Gasteiger partial charge in [0.2, 0.25) is 30.1 Å². The van der Waals surface area contributed by atoms with Gasteiger partial charge in [-0.05, 0) is 68.7 Å². The predicted octanol–water partition coefficient (Wildman–Crippen LogP) is 10.0. The number of hydrogen-bond donors (Lipinski definition) is 6. The van der Waals surface area contributed by atoms with E-state index in [9.17, 15) is 40.6 Å². The number of hydrogen-bond acceptors (Lipinski definition) is 9. The van der Waals surface area contributed by atoms with Gasteiger partial charge in [0, 0.05) is 15.1 Å². The molecule has 0 spiro atoms. The number of benzene rings is 4. The van der Waals surface area contributed by atoms with Crippen molar-refractivity contribution in [1.82, 2.24) is 0 Å². The van der Waals surface area contributed by atoms with Crippen molar-refractivity contribution in [2.24, 2.45) is 0 Å². The average Bonchev–Trinajstić information content (AvgIpc) is 3.06. The smallest absolute Gasteiger partial charge is 0.237 e. The summed E-state index contributed by atoms with van der Waals surface area (Å²) in [5.41, 5.74) is 1.07. The average molecular weight is 929 g/mol. The second kappa shape index (κ2) is 20.4. The van der Waals surface area contributed by atoms with Gasteiger partial charge in [0.05, 0.1) is 48.9 Å². The first-order chi connectivity index (χ1) is 24.9. The number of unbranched alkanes of at least 4 members (excludes halogenated alkanes) is 1. The van der Waals surface area contributed by atoms with Crippen LogP contribution in [0.25, 0.3) is 0 Å². The van der Waals surface area contributed by atoms with Crippen molar-refractivity contribution in [2.75, 3.05) is 19.9 Å². The number of nitrogens with one attached hydrogen (secondary N) is 3. The third kappa shape index (κ3) is 14.7. The van der Waals surface area contributed by atoms with Crippen molar-refractivity contribution in [3.05, 3.63) is 102 Å². The van der Waals surface area contributed by atoms with Gasteiger partial charge in [-0.15, -0.1) is 0 Å². The van der Waals surface area contributed by atoms with Crippen molar-refractivity contribution < 1.29 is 40.6 Å². The Morgan fingerprint density at radius 2 is 1.09 bits per heavy atom. The van der Waals surface area contributed by atoms with Gasteiger partial charge in [-0.3, -0.25) is 14.2 Å². The summed E-state index contributed by atoms with van der Waals surface area (Å²) >= 11 is 34.6. The van der Waals surface area contributed by atoms with Crippen LogP contribution in [0, 0.1) is 6.92 Å². The molecular weight excluding hydrogens is 891 g/mol. The predicted molar refractivity (Wildman–Crippen MR) is 222 cm³/mol. The Labute approximate surface area is 345 Å². The molecule has 4 aromatic carbocycles. The van der Waals surface area contributed by atoms with Gasteiger partial charge in [-0.2, -0.15) is 0 Å². The molecule has 4 aromatic rings. The van der Waals surface area contributed by atoms with Gasteiger partial charge in [-0.25, -0.2) is 25.3 Å². The number of sulfonamides is 3. The van der Waals surface area contributed by atoms with E-state index in [1.165, 1.54) is 44.2 Å². The number of anilines is 3. The van der Waals surface area contributed by atoms with E-state index in [0.717, 1.165) is 6.42 Å². The minimum absolute atomic E-state index is 0.00129. The van der Waals surface area contributed by atoms with Gasteiger partial charge in [0.25, 0.3) is 0 Å². The zero-order valence-electron chi connectivity index (χ0n) is 29.0. The van der Waals surface area contributed by atoms with Gasteiger partial charge in [-0.1, -0.05) is 113 Å². The fraction of sp³-hybridized carbons (Fsp3) is 0.273. The molecule has 298 valence electrons. The topological polar surface area (TPSA) is 199 Å². The summed E-state index contributed by atoms with van der Waals surface area (Å²) < 4.78 is 77.4. The van der Waals surface area contributed by atoms with E-state index in [0.29, 0.717) is 17.5 Å². The molecule has 0 aliphatic heterocycles. The molecule has 0 saturated carbocycles. The van der Waals surface area contributed by atoms with E-state index in [-0.39, 0.29) is 76.0 Å². The molecule has 6 N–H and O–H groups in total. The summed E-state index contributed by atoms with van der Waals surface area (Å²) in [7, 11) is -10.7. The van der Waals surface area contributed by atoms with Crippen LogP contribution in [0.1, 0.15) is 44.7 Å². The zero-order chi connectivity index (χ0) is 41.2. The molecule has 4 rings (SSSR count). The molecule has 0 saturated heterocycles. The fourth-order valence-electron chi connectivity index (χ4n) is 3.89. The Hall–Kier alpha value is -2.73. The molecule has 0 unspecified atom stereocenters. The van der Waals surface area contributed by atoms with Crippen molar-refractivity contribution in [3.8, 4) is 17.2 Å². The van der Waals surface area contributed by atoms with Crippen LogP contribution in [0.15, 0.2) is 60.7 Å². The van der Waals surface area contributed by atoms with E-state index in [4.69, 9.17) is 69.6 Å². The maximum atomic E-state index is 12.0. The minimum atomic E-state index is -3.67. The van der Waals surface area contributed by atoms with Crippen molar-refractivity contribution in [2.45, 2.75) is 51.5 Å². The summed E-state index contributed by atoms with van der Waals surface area (Å²) in [6, 6.07) is 15.3. The van der Waals surface area contributed by atoms with E-state index in [2.05, 4.69) is 14.2 Å². The Kier molecular flexibility index (Phi) is 17.9. The minimum Gasteiger partial charge on any atom is -0.504 e. The quantitative estimate of drug-likeness (QED) is 0.0749. The molecule has 0 heterocycles. The first-order valence-corrected chi connectivity index (χ1v) is 22.6. The van der Waals surface area contributed by atoms with Crippen molar-refractivity contribution >= 4 is 117 Å². The lowest BCUT2D eigenvalue weighted by Gasteiger charge is -2.14. The van der Waals surface area contributed by atoms with Crippen molar-refractivity contribution in [3.63, 3.8) is 0 Å². The standard InChI is InChI=1S/C13H11Cl2NO3S.2C10H13Cl2NO3S/c14-10-6-11(15)13(17)12(7-10)16-20(18,19)8-9-4-2-1-3-5-9;1-5(2)17(15,16)13-8-4-7(11)6(3)9(12)10(8)14;1-2-3-4-17(15,16)13-9-6-7(11)5-8(12)10(9)14/h1-7,16-17H,8H2;4-5,13-14H,1-3H3;5-6,13-14H,2-4H2,1H3. The Balaban J connectivity index is 0.000000282. The lowest BCUT2D eigenvalue weighted by Crippen LogP contribution is -2.22. The highest BCUT2D eigenvalue weighted by Gasteiger charge is 2.21. The summed E-state index contributed by atoms with van der Waals surface area (Å²) in [5.74, 6) is -1.22. The van der Waals surface area contributed by atoms with Gasteiger partial charge < -0.3 is 15.3 Å². The summed E-state index contributed by atoms with van der Waals surface area (Å²) in [6.45, 7) is 6.57. The largest absolute Gasteiger partial charge is 0.504 e. The molecule has 54 heavy (non-hydrogen) atoms. The Morgan fingerprint density at radius 3 is 1.56 bits per heavy atom. The van der Waals surface area contributed by atoms with Crippen LogP contribution < -0.4 is 14.2 Å². The molecule has 0 radical (unpaired) electrons. The normalized spacial score (nSPS) is 11.5. The summed E-state index contributed by atoms with van der Waals surface area (Å²) in [4.78, 5) is 0. The summed E-state index contributed by atoms with van der Waals surface area (Å²) in [5, 5.41) is 29.2. The highest BCUT2D eigenvalue weighted by Crippen LogP contribution is 2.40. The SMILES string of the molecule is CCCCS(=O)(=O)Nc1cc(Cl)cc(Cl)c1O.Cc1c(Cl)cc(NS(=O)(=O)C(C)C)c(O)c1Cl.O=S(=O)(Cc1ccccc1)Nc1cc(Cl)cc(Cl)c1O. The highest BCUT2D eigenvalue weighted by molar-refractivity contribution is 7.93. The lowest BCUT2D eigenvalue weighted by molar-refractivity contribution is 0.477. The molecule has 0 aliphatic rings. The molecule has 12 nitrogen and oxygen atoms in total. The Morgan fingerprint density at radius 1 is 0.630 bits per heavy atom. The molecule has 21 heteroatoms. The number of aromatic hydroxyl groups is 3. The second-order valence-electron chi connectivity index (χ2n) is 11.6. The first-order valence-electron chi connectivity index (χ1n) is 15.5. The van der Waals surface area contributed by atoms with Gasteiger partial charge in [0.1, 0.15) is 0 Å². The number of halogens is 6. The fourth-order valence-corrected chi connectivity index (χ4v) is 8.49. The first kappa shape index (κ1) is 47.4. The van der Waals surface area contributed by atoms with E-state index < -0.39 is 35.3 Å². The third-order valence-electron chi connectivity index (χ3n) is 6.85. The molecule has 0 aliphatic carbocycles. The third-order valence-corrected chi connectivity index (χ3v) is 13.1. The van der Waals surface area contributed by atoms with Crippen LogP contribution in [-0.4, -0.2) is 51.6 Å². The zero-order valence-corrected chi connectivity index (χ0v) is 35.9. The number of phenols is 3. The molecule has 0 fully saturated rings. The van der Waals surface area contributed by atoms with E-state index in [1.807, 2.05) is 6.92 Å². The molecule has 0 amide bonds. The molecule has 0 aromatic heterocycles. The number of rotatable bonds is 12. The van der Waals surface area contributed by atoms with Crippen LogP contribution in [0.2, 0.25) is 30.1 Å². The molecule has 0 atom stereocenters. The van der Waals surface area contributed by atoms with E-state index in [1.54, 1.807) is 37.3 Å². The van der Waals surface area contributed by atoms with E-state index >= 15 is 0 Å². The second-order valence-corrected chi connectivity index (χ2v) is 19.9. The maximum absolute atomic E-state index is 12.0. The van der Waals surface area contributed by atoms with Crippen LogP contribution in [0.5, 0.6) is 17.2 Å².